The first-order valence-corrected chi connectivity index (χ1v) is 11.6. The van der Waals surface area contributed by atoms with Gasteiger partial charge in [0.25, 0.3) is 5.91 Å². The Balaban J connectivity index is 1.27. The second-order valence-corrected chi connectivity index (χ2v) is 8.62. The minimum absolute atomic E-state index is 0.0813. The highest BCUT2D eigenvalue weighted by Gasteiger charge is 2.25. The molecule has 1 saturated heterocycles. The number of carbonyl (C=O) groups excluding carboxylic acids is 1. The van der Waals surface area contributed by atoms with Crippen LogP contribution in [0, 0.1) is 12.4 Å². The summed E-state index contributed by atoms with van der Waals surface area (Å²) in [7, 11) is 0. The molecule has 0 spiro atoms. The molecule has 35 heavy (non-hydrogen) atoms. The molecule has 0 aliphatic carbocycles. The van der Waals surface area contributed by atoms with Gasteiger partial charge in [-0.15, -0.1) is 0 Å². The number of nitrogens with one attached hydrogen (secondary N) is 1. The van der Waals surface area contributed by atoms with Gasteiger partial charge in [-0.05, 0) is 43.3 Å². The van der Waals surface area contributed by atoms with Gasteiger partial charge in [-0.1, -0.05) is 0 Å². The van der Waals surface area contributed by atoms with Crippen LogP contribution in [-0.4, -0.2) is 79.7 Å². The molecule has 0 saturated carbocycles. The van der Waals surface area contributed by atoms with Crippen LogP contribution in [0.2, 0.25) is 0 Å². The van der Waals surface area contributed by atoms with Gasteiger partial charge >= 0.3 is 0 Å². The molecule has 1 atom stereocenters. The zero-order chi connectivity index (χ0) is 24.2. The molecule has 1 unspecified atom stereocenters. The van der Waals surface area contributed by atoms with Crippen molar-refractivity contribution in [3.05, 3.63) is 78.0 Å². The average Bonchev–Trinajstić information content (AvgIpc) is 3.50. The summed E-state index contributed by atoms with van der Waals surface area (Å²) in [6, 6.07) is 7.50. The first-order chi connectivity index (χ1) is 17.1. The van der Waals surface area contributed by atoms with Gasteiger partial charge in [0.2, 0.25) is 6.54 Å². The van der Waals surface area contributed by atoms with E-state index in [1.807, 2.05) is 28.0 Å². The zero-order valence-corrected chi connectivity index (χ0v) is 19.1. The van der Waals surface area contributed by atoms with Crippen molar-refractivity contribution in [3.8, 4) is 11.3 Å². The van der Waals surface area contributed by atoms with Crippen LogP contribution in [0.4, 0.5) is 4.39 Å². The number of fused-ring (bicyclic) bond motifs is 1. The number of aromatic amines is 1. The fraction of sp³-hybridized carbons (Fsp3) is 0.320. The Kier molecular flexibility index (Phi) is 6.50. The number of carbonyl (C=O) groups is 1. The van der Waals surface area contributed by atoms with Crippen LogP contribution >= 0.6 is 0 Å². The van der Waals surface area contributed by atoms with Gasteiger partial charge in [-0.3, -0.25) is 14.4 Å². The lowest BCUT2D eigenvalue weighted by Crippen LogP contribution is -2.37. The van der Waals surface area contributed by atoms with Crippen LogP contribution in [0.1, 0.15) is 22.8 Å². The van der Waals surface area contributed by atoms with E-state index in [0.717, 1.165) is 35.3 Å². The van der Waals surface area contributed by atoms with Crippen molar-refractivity contribution < 1.29 is 9.18 Å². The number of aromatic nitrogens is 5. The Morgan fingerprint density at radius 2 is 2.00 bits per heavy atom. The van der Waals surface area contributed by atoms with Gasteiger partial charge in [0.05, 0.1) is 11.9 Å². The fourth-order valence-corrected chi connectivity index (χ4v) is 4.52. The summed E-state index contributed by atoms with van der Waals surface area (Å²) in [6.45, 7) is 11.2. The summed E-state index contributed by atoms with van der Waals surface area (Å²) in [5.74, 6) is -0.435. The molecule has 9 nitrogen and oxygen atoms in total. The van der Waals surface area contributed by atoms with E-state index in [9.17, 15) is 9.18 Å². The second kappa shape index (κ2) is 10.0. The van der Waals surface area contributed by atoms with E-state index >= 15 is 0 Å². The highest BCUT2D eigenvalue weighted by Crippen LogP contribution is 2.25. The lowest BCUT2D eigenvalue weighted by Gasteiger charge is -2.24. The average molecular weight is 473 g/mol. The summed E-state index contributed by atoms with van der Waals surface area (Å²) >= 11 is 0. The van der Waals surface area contributed by atoms with Crippen molar-refractivity contribution in [2.24, 2.45) is 0 Å². The standard InChI is InChI=1S/C25H25FN8O/c1-27-14-21(34-15-19(13-31-34)23-22-7-8-28-24(22)30-17-29-23)16-32-9-2-10-33(12-11-32)25(35)18-3-5-20(26)6-4-18/h3-8,13,15,17,21H,2,9-12,14,16H2,(H,28,29,30). The van der Waals surface area contributed by atoms with Crippen LogP contribution in [0.25, 0.3) is 27.1 Å². The van der Waals surface area contributed by atoms with Crippen LogP contribution in [0.15, 0.2) is 55.2 Å². The molecule has 0 radical (unpaired) electrons. The van der Waals surface area contributed by atoms with Crippen LogP contribution in [-0.2, 0) is 0 Å². The summed E-state index contributed by atoms with van der Waals surface area (Å²) in [4.78, 5) is 32.4. The Morgan fingerprint density at radius 3 is 2.83 bits per heavy atom. The normalized spacial score (nSPS) is 15.6. The van der Waals surface area contributed by atoms with Gasteiger partial charge in [0.15, 0.2) is 0 Å². The van der Waals surface area contributed by atoms with Gasteiger partial charge in [-0.2, -0.15) is 5.10 Å². The number of benzene rings is 1. The van der Waals surface area contributed by atoms with Crippen molar-refractivity contribution >= 4 is 16.9 Å². The fourth-order valence-electron chi connectivity index (χ4n) is 4.52. The van der Waals surface area contributed by atoms with Gasteiger partial charge in [0.1, 0.15) is 23.8 Å². The molecule has 4 aromatic rings. The van der Waals surface area contributed by atoms with Crippen molar-refractivity contribution in [2.45, 2.75) is 12.5 Å². The van der Waals surface area contributed by atoms with E-state index in [2.05, 4.69) is 29.8 Å². The molecule has 1 aromatic carbocycles. The summed E-state index contributed by atoms with van der Waals surface area (Å²) < 4.78 is 15.1. The number of amides is 1. The van der Waals surface area contributed by atoms with Crippen LogP contribution < -0.4 is 0 Å². The summed E-state index contributed by atoms with van der Waals surface area (Å²) in [6.07, 6.45) is 7.90. The van der Waals surface area contributed by atoms with Gasteiger partial charge in [0, 0.05) is 55.1 Å². The van der Waals surface area contributed by atoms with Crippen molar-refractivity contribution in [1.29, 1.82) is 0 Å². The van der Waals surface area contributed by atoms with Crippen LogP contribution in [0.5, 0.6) is 0 Å². The molecule has 10 heteroatoms. The molecule has 4 heterocycles. The largest absolute Gasteiger partial charge is 0.346 e. The molecule has 1 N–H and O–H groups in total. The number of H-pyrrole nitrogens is 1. The lowest BCUT2D eigenvalue weighted by molar-refractivity contribution is 0.0760. The molecule has 1 aliphatic heterocycles. The molecule has 1 aliphatic rings. The predicted octanol–water partition coefficient (Wildman–Crippen LogP) is 3.27. The lowest BCUT2D eigenvalue weighted by atomic mass is 10.2. The molecule has 3 aromatic heterocycles. The molecule has 0 bridgehead atoms. The Hall–Kier alpha value is -4.10. The topological polar surface area (TPSA) is 87.3 Å². The SMILES string of the molecule is [C-]#[N+]CC(CN1CCCN(C(=O)c2ccc(F)cc2)CC1)n1cc(-c2ncnc3[nH]ccc23)cn1. The molecular weight excluding hydrogens is 447 g/mol. The minimum atomic E-state index is -0.353. The third kappa shape index (κ3) is 4.90. The first-order valence-electron chi connectivity index (χ1n) is 11.6. The van der Waals surface area contributed by atoms with E-state index in [4.69, 9.17) is 6.57 Å². The van der Waals surface area contributed by atoms with E-state index in [1.165, 1.54) is 30.6 Å². The molecule has 5 rings (SSSR count). The van der Waals surface area contributed by atoms with Crippen molar-refractivity contribution in [2.75, 3.05) is 39.3 Å². The van der Waals surface area contributed by atoms with E-state index in [-0.39, 0.29) is 17.8 Å². The number of rotatable bonds is 6. The number of nitrogens with zero attached hydrogens (tertiary/aromatic N) is 7. The Labute approximate surface area is 202 Å². The second-order valence-electron chi connectivity index (χ2n) is 8.62. The minimum Gasteiger partial charge on any atom is -0.346 e. The predicted molar refractivity (Wildman–Crippen MR) is 129 cm³/mol. The highest BCUT2D eigenvalue weighted by molar-refractivity contribution is 5.94. The zero-order valence-electron chi connectivity index (χ0n) is 19.1. The number of hydrogen-bond acceptors (Lipinski definition) is 5. The van der Waals surface area contributed by atoms with Crippen LogP contribution in [0.3, 0.4) is 0 Å². The maximum absolute atomic E-state index is 13.2. The first kappa shape index (κ1) is 22.7. The highest BCUT2D eigenvalue weighted by atomic mass is 19.1. The maximum Gasteiger partial charge on any atom is 0.253 e. The third-order valence-corrected chi connectivity index (χ3v) is 6.34. The Morgan fingerprint density at radius 1 is 1.14 bits per heavy atom. The smallest absolute Gasteiger partial charge is 0.253 e. The molecule has 1 amide bonds. The maximum atomic E-state index is 13.2. The van der Waals surface area contributed by atoms with E-state index < -0.39 is 0 Å². The molecule has 1 fully saturated rings. The molecule has 178 valence electrons. The quantitative estimate of drug-likeness (QED) is 0.435. The van der Waals surface area contributed by atoms with Crippen molar-refractivity contribution in [1.82, 2.24) is 34.5 Å². The monoisotopic (exact) mass is 472 g/mol. The number of halogens is 1. The molecular formula is C25H25FN8O. The summed E-state index contributed by atoms with van der Waals surface area (Å²) in [5, 5.41) is 5.49. The van der Waals surface area contributed by atoms with Gasteiger partial charge < -0.3 is 14.7 Å². The summed E-state index contributed by atoms with van der Waals surface area (Å²) in [5.41, 5.74) is 2.94. The third-order valence-electron chi connectivity index (χ3n) is 6.34. The number of hydrogen-bond donors (Lipinski definition) is 1. The van der Waals surface area contributed by atoms with Gasteiger partial charge in [-0.25, -0.2) is 20.9 Å². The Bertz CT molecular complexity index is 1360. The van der Waals surface area contributed by atoms with E-state index in [0.29, 0.717) is 38.3 Å². The van der Waals surface area contributed by atoms with E-state index in [1.54, 1.807) is 6.20 Å². The van der Waals surface area contributed by atoms with Crippen molar-refractivity contribution in [3.63, 3.8) is 0 Å².